The summed E-state index contributed by atoms with van der Waals surface area (Å²) in [5.41, 5.74) is 1.23. The topological polar surface area (TPSA) is 9.23 Å². The maximum Gasteiger partial charge on any atom is 0.117 e. The average Bonchev–Trinajstić information content (AvgIpc) is 2.06. The van der Waals surface area contributed by atoms with Crippen molar-refractivity contribution in [1.29, 1.82) is 0 Å². The molecule has 0 aliphatic heterocycles. The van der Waals surface area contributed by atoms with Gasteiger partial charge in [0, 0.05) is 0 Å². The van der Waals surface area contributed by atoms with Crippen LogP contribution in [0.2, 0.25) is 0 Å². The smallest absolute Gasteiger partial charge is 0.117 e. The largest absolute Gasteiger partial charge is 0.497 e. The van der Waals surface area contributed by atoms with Crippen LogP contribution in [0.3, 0.4) is 0 Å². The SMILES string of the molecule is CC=C(OC)C(C)=CC(C)CC. The normalized spacial score (nSPS) is 16.1. The van der Waals surface area contributed by atoms with Gasteiger partial charge in [-0.15, -0.1) is 0 Å². The number of allylic oxidation sites excluding steroid dienone is 3. The minimum Gasteiger partial charge on any atom is -0.497 e. The molecular formula is C11H20O. The molecule has 0 N–H and O–H groups in total. The zero-order chi connectivity index (χ0) is 9.56. The Labute approximate surface area is 76.1 Å². The highest BCUT2D eigenvalue weighted by molar-refractivity contribution is 5.23. The summed E-state index contributed by atoms with van der Waals surface area (Å²) in [5.74, 6) is 1.62. The molecule has 0 bridgehead atoms. The highest BCUT2D eigenvalue weighted by Gasteiger charge is 1.99. The first kappa shape index (κ1) is 11.3. The minimum atomic E-state index is 0.634. The lowest BCUT2D eigenvalue weighted by Crippen LogP contribution is -1.93. The summed E-state index contributed by atoms with van der Waals surface area (Å²) in [6.07, 6.45) is 5.42. The van der Waals surface area contributed by atoms with E-state index in [1.807, 2.05) is 13.0 Å². The zero-order valence-corrected chi connectivity index (χ0v) is 8.85. The van der Waals surface area contributed by atoms with E-state index in [9.17, 15) is 0 Å². The molecule has 0 heterocycles. The molecule has 0 aliphatic rings. The van der Waals surface area contributed by atoms with Crippen LogP contribution in [0.15, 0.2) is 23.5 Å². The summed E-state index contributed by atoms with van der Waals surface area (Å²) in [7, 11) is 1.71. The van der Waals surface area contributed by atoms with Crippen molar-refractivity contribution in [3.63, 3.8) is 0 Å². The molecule has 1 nitrogen and oxygen atoms in total. The van der Waals surface area contributed by atoms with Crippen molar-refractivity contribution in [1.82, 2.24) is 0 Å². The predicted molar refractivity (Wildman–Crippen MR) is 54.0 cm³/mol. The summed E-state index contributed by atoms with van der Waals surface area (Å²) < 4.78 is 5.20. The van der Waals surface area contributed by atoms with Gasteiger partial charge in [-0.05, 0) is 31.4 Å². The molecule has 70 valence electrons. The zero-order valence-electron chi connectivity index (χ0n) is 8.85. The Bertz CT molecular complexity index is 177. The van der Waals surface area contributed by atoms with E-state index in [4.69, 9.17) is 4.74 Å². The van der Waals surface area contributed by atoms with E-state index in [1.165, 1.54) is 12.0 Å². The predicted octanol–water partition coefficient (Wildman–Crippen LogP) is 3.53. The van der Waals surface area contributed by atoms with Crippen LogP contribution >= 0.6 is 0 Å². The number of hydrogen-bond acceptors (Lipinski definition) is 1. The molecule has 0 saturated carbocycles. The molecular weight excluding hydrogens is 148 g/mol. The van der Waals surface area contributed by atoms with Crippen molar-refractivity contribution in [2.45, 2.75) is 34.1 Å². The second-order valence-electron chi connectivity index (χ2n) is 3.09. The lowest BCUT2D eigenvalue weighted by atomic mass is 10.0. The maximum absolute atomic E-state index is 5.20. The fraction of sp³-hybridized carbons (Fsp3) is 0.636. The van der Waals surface area contributed by atoms with E-state index in [0.717, 1.165) is 5.76 Å². The average molecular weight is 168 g/mol. The van der Waals surface area contributed by atoms with Crippen LogP contribution in [0, 0.1) is 5.92 Å². The Morgan fingerprint density at radius 1 is 1.50 bits per heavy atom. The molecule has 0 amide bonds. The first-order valence-corrected chi connectivity index (χ1v) is 4.54. The van der Waals surface area contributed by atoms with E-state index in [0.29, 0.717) is 5.92 Å². The highest BCUT2D eigenvalue weighted by Crippen LogP contribution is 2.14. The third kappa shape index (κ3) is 3.61. The van der Waals surface area contributed by atoms with Gasteiger partial charge in [0.2, 0.25) is 0 Å². The van der Waals surface area contributed by atoms with Gasteiger partial charge in [-0.2, -0.15) is 0 Å². The Balaban J connectivity index is 4.34. The van der Waals surface area contributed by atoms with Crippen LogP contribution in [-0.2, 0) is 4.74 Å². The summed E-state index contributed by atoms with van der Waals surface area (Å²) in [6.45, 7) is 8.49. The second kappa shape index (κ2) is 5.87. The number of hydrogen-bond donors (Lipinski definition) is 0. The van der Waals surface area contributed by atoms with Crippen LogP contribution in [0.5, 0.6) is 0 Å². The quantitative estimate of drug-likeness (QED) is 0.461. The molecule has 0 radical (unpaired) electrons. The van der Waals surface area contributed by atoms with Crippen LogP contribution in [0.4, 0.5) is 0 Å². The molecule has 12 heavy (non-hydrogen) atoms. The first-order chi connectivity index (χ1) is 5.65. The number of rotatable bonds is 4. The first-order valence-electron chi connectivity index (χ1n) is 4.54. The Hall–Kier alpha value is -0.720. The van der Waals surface area contributed by atoms with Gasteiger partial charge in [0.1, 0.15) is 5.76 Å². The van der Waals surface area contributed by atoms with E-state index in [1.54, 1.807) is 7.11 Å². The van der Waals surface area contributed by atoms with Gasteiger partial charge in [0.15, 0.2) is 0 Å². The molecule has 1 unspecified atom stereocenters. The van der Waals surface area contributed by atoms with Crippen molar-refractivity contribution in [3.05, 3.63) is 23.5 Å². The van der Waals surface area contributed by atoms with Gasteiger partial charge in [-0.3, -0.25) is 0 Å². The van der Waals surface area contributed by atoms with Crippen molar-refractivity contribution in [2.24, 2.45) is 5.92 Å². The second-order valence-corrected chi connectivity index (χ2v) is 3.09. The van der Waals surface area contributed by atoms with Crippen molar-refractivity contribution >= 4 is 0 Å². The lowest BCUT2D eigenvalue weighted by Gasteiger charge is -2.08. The van der Waals surface area contributed by atoms with Crippen LogP contribution in [0.1, 0.15) is 34.1 Å². The van der Waals surface area contributed by atoms with Crippen molar-refractivity contribution < 1.29 is 4.74 Å². The molecule has 0 aromatic rings. The fourth-order valence-corrected chi connectivity index (χ4v) is 1.13. The van der Waals surface area contributed by atoms with Gasteiger partial charge in [0.25, 0.3) is 0 Å². The van der Waals surface area contributed by atoms with Crippen LogP contribution < -0.4 is 0 Å². The molecule has 0 aromatic carbocycles. The van der Waals surface area contributed by atoms with Gasteiger partial charge in [-0.25, -0.2) is 0 Å². The Morgan fingerprint density at radius 3 is 2.42 bits per heavy atom. The molecule has 0 aromatic heterocycles. The molecule has 0 fully saturated rings. The van der Waals surface area contributed by atoms with Gasteiger partial charge >= 0.3 is 0 Å². The fourth-order valence-electron chi connectivity index (χ4n) is 1.13. The maximum atomic E-state index is 5.20. The van der Waals surface area contributed by atoms with Gasteiger partial charge in [0.05, 0.1) is 7.11 Å². The van der Waals surface area contributed by atoms with E-state index >= 15 is 0 Å². The molecule has 0 rings (SSSR count). The van der Waals surface area contributed by atoms with Gasteiger partial charge < -0.3 is 4.74 Å². The third-order valence-corrected chi connectivity index (χ3v) is 2.05. The summed E-state index contributed by atoms with van der Waals surface area (Å²) in [6, 6.07) is 0. The summed E-state index contributed by atoms with van der Waals surface area (Å²) in [4.78, 5) is 0. The monoisotopic (exact) mass is 168 g/mol. The Morgan fingerprint density at radius 2 is 2.08 bits per heavy atom. The molecule has 0 aliphatic carbocycles. The van der Waals surface area contributed by atoms with E-state index in [-0.39, 0.29) is 0 Å². The molecule has 1 atom stereocenters. The van der Waals surface area contributed by atoms with E-state index in [2.05, 4.69) is 26.8 Å². The van der Waals surface area contributed by atoms with Crippen LogP contribution in [0.25, 0.3) is 0 Å². The van der Waals surface area contributed by atoms with Crippen molar-refractivity contribution in [2.75, 3.05) is 7.11 Å². The summed E-state index contributed by atoms with van der Waals surface area (Å²) >= 11 is 0. The molecule has 0 spiro atoms. The molecule has 0 saturated heterocycles. The lowest BCUT2D eigenvalue weighted by molar-refractivity contribution is 0.299. The third-order valence-electron chi connectivity index (χ3n) is 2.05. The standard InChI is InChI=1S/C11H20O/c1-6-9(3)8-10(4)11(7-2)12-5/h7-9H,6H2,1-5H3. The molecule has 1 heteroatoms. The summed E-state index contributed by atoms with van der Waals surface area (Å²) in [5, 5.41) is 0. The Kier molecular flexibility index (Phi) is 5.52. The van der Waals surface area contributed by atoms with Gasteiger partial charge in [-0.1, -0.05) is 26.3 Å². The highest BCUT2D eigenvalue weighted by atomic mass is 16.5. The minimum absolute atomic E-state index is 0.634. The van der Waals surface area contributed by atoms with E-state index < -0.39 is 0 Å². The number of methoxy groups -OCH3 is 1. The number of ether oxygens (including phenoxy) is 1. The van der Waals surface area contributed by atoms with Crippen molar-refractivity contribution in [3.8, 4) is 0 Å². The van der Waals surface area contributed by atoms with Crippen LogP contribution in [-0.4, -0.2) is 7.11 Å².